The van der Waals surface area contributed by atoms with Gasteiger partial charge in [0.25, 0.3) is 0 Å². The van der Waals surface area contributed by atoms with Crippen LogP contribution in [-0.4, -0.2) is 56.1 Å². The molecule has 2 atom stereocenters. The van der Waals surface area contributed by atoms with Crippen molar-refractivity contribution in [2.75, 3.05) is 40.3 Å². The van der Waals surface area contributed by atoms with Gasteiger partial charge >= 0.3 is 0 Å². The third-order valence-electron chi connectivity index (χ3n) is 4.73. The number of hydrogen-bond acceptors (Lipinski definition) is 3. The quantitative estimate of drug-likeness (QED) is 0.861. The fourth-order valence-electron chi connectivity index (χ4n) is 3.34. The molecule has 3 nitrogen and oxygen atoms in total. The van der Waals surface area contributed by atoms with Gasteiger partial charge in [-0.25, -0.2) is 0 Å². The van der Waals surface area contributed by atoms with Crippen LogP contribution in [0.3, 0.4) is 0 Å². The molecule has 0 saturated carbocycles. The maximum atomic E-state index is 6.09. The molecule has 1 fully saturated rings. The van der Waals surface area contributed by atoms with E-state index in [-0.39, 0.29) is 5.41 Å². The predicted molar refractivity (Wildman–Crippen MR) is 86.0 cm³/mol. The molecular formula is C17H29N3. The fraction of sp³-hybridized carbons (Fsp3) is 0.647. The first kappa shape index (κ1) is 15.5. The van der Waals surface area contributed by atoms with Crippen molar-refractivity contribution in [2.45, 2.75) is 31.2 Å². The second-order valence-corrected chi connectivity index (χ2v) is 6.60. The SMILES string of the molecule is CN(CC1CCCN1C)CC(C)(CN)c1ccccc1. The largest absolute Gasteiger partial charge is 0.330 e. The van der Waals surface area contributed by atoms with Crippen LogP contribution in [0.15, 0.2) is 30.3 Å². The Labute approximate surface area is 123 Å². The summed E-state index contributed by atoms with van der Waals surface area (Å²) in [5, 5.41) is 0. The highest BCUT2D eigenvalue weighted by Gasteiger charge is 2.29. The Balaban J connectivity index is 1.98. The molecule has 0 amide bonds. The summed E-state index contributed by atoms with van der Waals surface area (Å²) < 4.78 is 0. The molecule has 112 valence electrons. The van der Waals surface area contributed by atoms with E-state index in [2.05, 4.69) is 61.2 Å². The monoisotopic (exact) mass is 275 g/mol. The average Bonchev–Trinajstić information content (AvgIpc) is 2.85. The van der Waals surface area contributed by atoms with E-state index in [0.29, 0.717) is 12.6 Å². The molecule has 0 bridgehead atoms. The minimum absolute atomic E-state index is 0.0349. The first-order valence-electron chi connectivity index (χ1n) is 7.69. The zero-order valence-electron chi connectivity index (χ0n) is 13.2. The molecule has 20 heavy (non-hydrogen) atoms. The summed E-state index contributed by atoms with van der Waals surface area (Å²) in [7, 11) is 4.47. The summed E-state index contributed by atoms with van der Waals surface area (Å²) >= 11 is 0. The Morgan fingerprint density at radius 3 is 2.60 bits per heavy atom. The Hall–Kier alpha value is -0.900. The Morgan fingerprint density at radius 1 is 1.35 bits per heavy atom. The summed E-state index contributed by atoms with van der Waals surface area (Å²) in [6.07, 6.45) is 2.66. The number of rotatable bonds is 6. The van der Waals surface area contributed by atoms with Crippen LogP contribution in [0.4, 0.5) is 0 Å². The summed E-state index contributed by atoms with van der Waals surface area (Å²) in [4.78, 5) is 4.94. The predicted octanol–water partition coefficient (Wildman–Crippen LogP) is 1.93. The molecule has 2 unspecified atom stereocenters. The smallest absolute Gasteiger partial charge is 0.0220 e. The third kappa shape index (κ3) is 3.60. The van der Waals surface area contributed by atoms with Crippen molar-refractivity contribution >= 4 is 0 Å². The van der Waals surface area contributed by atoms with Crippen LogP contribution in [-0.2, 0) is 5.41 Å². The first-order valence-corrected chi connectivity index (χ1v) is 7.69. The lowest BCUT2D eigenvalue weighted by molar-refractivity contribution is 0.192. The van der Waals surface area contributed by atoms with Gasteiger partial charge in [0.05, 0.1) is 0 Å². The molecule has 1 aromatic rings. The van der Waals surface area contributed by atoms with Crippen LogP contribution in [0.1, 0.15) is 25.3 Å². The van der Waals surface area contributed by atoms with Gasteiger partial charge in [0.2, 0.25) is 0 Å². The molecule has 2 rings (SSSR count). The average molecular weight is 275 g/mol. The third-order valence-corrected chi connectivity index (χ3v) is 4.73. The number of nitrogens with two attached hydrogens (primary N) is 1. The lowest BCUT2D eigenvalue weighted by Gasteiger charge is -2.35. The van der Waals surface area contributed by atoms with Gasteiger partial charge in [0.15, 0.2) is 0 Å². The fourth-order valence-corrected chi connectivity index (χ4v) is 3.34. The van der Waals surface area contributed by atoms with Gasteiger partial charge in [-0.15, -0.1) is 0 Å². The van der Waals surface area contributed by atoms with Crippen molar-refractivity contribution in [3.63, 3.8) is 0 Å². The highest BCUT2D eigenvalue weighted by molar-refractivity contribution is 5.25. The molecule has 1 aliphatic heterocycles. The maximum Gasteiger partial charge on any atom is 0.0220 e. The molecule has 1 heterocycles. The second kappa shape index (κ2) is 6.70. The van der Waals surface area contributed by atoms with E-state index in [1.54, 1.807) is 0 Å². The van der Waals surface area contributed by atoms with E-state index in [1.165, 1.54) is 24.9 Å². The van der Waals surface area contributed by atoms with Crippen LogP contribution in [0.2, 0.25) is 0 Å². The van der Waals surface area contributed by atoms with E-state index in [9.17, 15) is 0 Å². The van der Waals surface area contributed by atoms with E-state index in [0.717, 1.165) is 13.1 Å². The number of benzene rings is 1. The normalized spacial score (nSPS) is 23.1. The van der Waals surface area contributed by atoms with Gasteiger partial charge in [-0.3, -0.25) is 0 Å². The van der Waals surface area contributed by atoms with E-state index < -0.39 is 0 Å². The van der Waals surface area contributed by atoms with Gasteiger partial charge in [0, 0.05) is 31.1 Å². The van der Waals surface area contributed by atoms with Crippen LogP contribution in [0.25, 0.3) is 0 Å². The molecular weight excluding hydrogens is 246 g/mol. The molecule has 0 spiro atoms. The Morgan fingerprint density at radius 2 is 2.05 bits per heavy atom. The Bertz CT molecular complexity index is 406. The topological polar surface area (TPSA) is 32.5 Å². The van der Waals surface area contributed by atoms with Crippen LogP contribution in [0, 0.1) is 0 Å². The number of hydrogen-bond donors (Lipinski definition) is 1. The molecule has 1 aliphatic rings. The molecule has 1 aromatic carbocycles. The lowest BCUT2D eigenvalue weighted by Crippen LogP contribution is -2.46. The lowest BCUT2D eigenvalue weighted by atomic mass is 9.82. The Kier molecular flexibility index (Phi) is 5.19. The molecule has 0 aliphatic carbocycles. The second-order valence-electron chi connectivity index (χ2n) is 6.60. The molecule has 0 radical (unpaired) electrons. The summed E-state index contributed by atoms with van der Waals surface area (Å²) in [5.74, 6) is 0. The zero-order chi connectivity index (χ0) is 14.6. The molecule has 1 saturated heterocycles. The van der Waals surface area contributed by atoms with E-state index in [4.69, 9.17) is 5.73 Å². The summed E-state index contributed by atoms with van der Waals surface area (Å²) in [5.41, 5.74) is 7.46. The maximum absolute atomic E-state index is 6.09. The molecule has 3 heteroatoms. The van der Waals surface area contributed by atoms with Crippen molar-refractivity contribution in [1.29, 1.82) is 0 Å². The summed E-state index contributed by atoms with van der Waals surface area (Å²) in [6.45, 7) is 6.35. The number of nitrogens with zero attached hydrogens (tertiary/aromatic N) is 2. The zero-order valence-corrected chi connectivity index (χ0v) is 13.2. The highest BCUT2D eigenvalue weighted by Crippen LogP contribution is 2.24. The van der Waals surface area contributed by atoms with E-state index >= 15 is 0 Å². The molecule has 2 N–H and O–H groups in total. The minimum atomic E-state index is 0.0349. The van der Waals surface area contributed by atoms with Gasteiger partial charge in [0.1, 0.15) is 0 Å². The summed E-state index contributed by atoms with van der Waals surface area (Å²) in [6, 6.07) is 11.4. The molecule has 0 aromatic heterocycles. The van der Waals surface area contributed by atoms with Crippen molar-refractivity contribution in [2.24, 2.45) is 5.73 Å². The van der Waals surface area contributed by atoms with Gasteiger partial charge in [-0.1, -0.05) is 37.3 Å². The minimum Gasteiger partial charge on any atom is -0.330 e. The van der Waals surface area contributed by atoms with Crippen molar-refractivity contribution in [1.82, 2.24) is 9.80 Å². The standard InChI is InChI=1S/C17H29N3/c1-17(13-18,15-8-5-4-6-9-15)14-19(2)12-16-10-7-11-20(16)3/h4-6,8-9,16H,7,10-14,18H2,1-3H3. The van der Waals surface area contributed by atoms with Crippen LogP contribution in [0.5, 0.6) is 0 Å². The van der Waals surface area contributed by atoms with Gasteiger partial charge in [-0.05, 0) is 39.0 Å². The van der Waals surface area contributed by atoms with Crippen LogP contribution >= 0.6 is 0 Å². The van der Waals surface area contributed by atoms with Gasteiger partial charge in [-0.2, -0.15) is 0 Å². The number of likely N-dealkylation sites (tertiary alicyclic amines) is 1. The van der Waals surface area contributed by atoms with Crippen molar-refractivity contribution < 1.29 is 0 Å². The van der Waals surface area contributed by atoms with Crippen molar-refractivity contribution in [3.05, 3.63) is 35.9 Å². The number of likely N-dealkylation sites (N-methyl/N-ethyl adjacent to an activating group) is 2. The first-order chi connectivity index (χ1) is 9.55. The van der Waals surface area contributed by atoms with Crippen molar-refractivity contribution in [3.8, 4) is 0 Å². The van der Waals surface area contributed by atoms with Gasteiger partial charge < -0.3 is 15.5 Å². The van der Waals surface area contributed by atoms with E-state index in [1.807, 2.05) is 0 Å². The highest BCUT2D eigenvalue weighted by atomic mass is 15.2. The van der Waals surface area contributed by atoms with Crippen LogP contribution < -0.4 is 5.73 Å².